The van der Waals surface area contributed by atoms with Gasteiger partial charge in [-0.15, -0.1) is 0 Å². The van der Waals surface area contributed by atoms with Crippen molar-refractivity contribution in [3.05, 3.63) is 58.3 Å². The Morgan fingerprint density at radius 1 is 1.25 bits per heavy atom. The van der Waals surface area contributed by atoms with E-state index in [0.717, 1.165) is 78.3 Å². The molecule has 3 aromatic rings. The van der Waals surface area contributed by atoms with Crippen LogP contribution < -0.4 is 10.5 Å². The molecule has 40 heavy (non-hydrogen) atoms. The first-order chi connectivity index (χ1) is 19.3. The molecule has 2 fully saturated rings. The Kier molecular flexibility index (Phi) is 5.25. The Bertz CT molecular complexity index is 1550. The van der Waals surface area contributed by atoms with Gasteiger partial charge < -0.3 is 25.7 Å². The number of aliphatic imine (C=N–C) groups is 1. The van der Waals surface area contributed by atoms with Crippen LogP contribution in [0, 0.1) is 11.8 Å². The van der Waals surface area contributed by atoms with Gasteiger partial charge in [-0.3, -0.25) is 9.89 Å². The lowest BCUT2D eigenvalue weighted by atomic mass is 9.49. The molecule has 4 atom stereocenters. The third kappa shape index (κ3) is 3.34. The van der Waals surface area contributed by atoms with Gasteiger partial charge in [0.05, 0.1) is 22.5 Å². The number of rotatable bonds is 7. The summed E-state index contributed by atoms with van der Waals surface area (Å²) < 4.78 is 6.72. The number of H-pyrrole nitrogens is 1. The van der Waals surface area contributed by atoms with Crippen molar-refractivity contribution >= 4 is 16.7 Å². The van der Waals surface area contributed by atoms with Crippen LogP contribution in [0.15, 0.2) is 35.3 Å². The average molecular weight is 541 g/mol. The second-order valence-corrected chi connectivity index (χ2v) is 13.5. The molecule has 5 N–H and O–H groups in total. The van der Waals surface area contributed by atoms with E-state index in [-0.39, 0.29) is 17.9 Å². The van der Waals surface area contributed by atoms with Crippen molar-refractivity contribution in [2.75, 3.05) is 19.6 Å². The number of nitrogens with two attached hydrogens (primary N) is 1. The normalized spacial score (nSPS) is 30.4. The lowest BCUT2D eigenvalue weighted by Crippen LogP contribution is -2.74. The topological polar surface area (TPSA) is 107 Å². The number of piperidine rings is 1. The van der Waals surface area contributed by atoms with Gasteiger partial charge in [-0.1, -0.05) is 26.0 Å². The van der Waals surface area contributed by atoms with Crippen molar-refractivity contribution in [1.29, 1.82) is 0 Å². The fraction of sp³-hybridized carbons (Fsp3) is 0.545. The maximum absolute atomic E-state index is 13.0. The molecule has 2 bridgehead atoms. The number of aromatic nitrogens is 1. The van der Waals surface area contributed by atoms with Gasteiger partial charge in [-0.05, 0) is 85.4 Å². The van der Waals surface area contributed by atoms with Crippen LogP contribution in [0.2, 0.25) is 0 Å². The molecule has 3 aliphatic carbocycles. The van der Waals surface area contributed by atoms with Crippen molar-refractivity contribution in [2.45, 2.75) is 82.0 Å². The average Bonchev–Trinajstić information content (AvgIpc) is 3.55. The Hall–Kier alpha value is -3.03. The third-order valence-electron chi connectivity index (χ3n) is 10.6. The van der Waals surface area contributed by atoms with E-state index < -0.39 is 11.0 Å². The number of benzene rings is 2. The van der Waals surface area contributed by atoms with Crippen LogP contribution in [0.3, 0.4) is 0 Å². The number of ether oxygens (including phenoxy) is 1. The van der Waals surface area contributed by atoms with E-state index in [1.165, 1.54) is 24.0 Å². The maximum atomic E-state index is 13.0. The van der Waals surface area contributed by atoms with Gasteiger partial charge in [0.25, 0.3) is 0 Å². The van der Waals surface area contributed by atoms with E-state index in [2.05, 4.69) is 53.0 Å². The highest BCUT2D eigenvalue weighted by molar-refractivity contribution is 5.87. The van der Waals surface area contributed by atoms with Crippen LogP contribution >= 0.6 is 0 Å². The maximum Gasteiger partial charge on any atom is 0.166 e. The first kappa shape index (κ1) is 24.7. The Balaban J connectivity index is 1.22. The van der Waals surface area contributed by atoms with Crippen LogP contribution in [0.4, 0.5) is 0 Å². The summed E-state index contributed by atoms with van der Waals surface area (Å²) in [6.45, 7) is 7.01. The highest BCUT2D eigenvalue weighted by Crippen LogP contribution is 2.69. The van der Waals surface area contributed by atoms with Crippen LogP contribution in [-0.4, -0.2) is 57.2 Å². The molecule has 7 heteroatoms. The van der Waals surface area contributed by atoms with Crippen LogP contribution in [0.5, 0.6) is 11.5 Å². The predicted molar refractivity (Wildman–Crippen MR) is 156 cm³/mol. The highest BCUT2D eigenvalue weighted by Gasteiger charge is 2.72. The fourth-order valence-electron chi connectivity index (χ4n) is 8.64. The summed E-state index contributed by atoms with van der Waals surface area (Å²) in [6.07, 6.45) is 6.12. The quantitative estimate of drug-likeness (QED) is 0.260. The largest absolute Gasteiger partial charge is 0.504 e. The van der Waals surface area contributed by atoms with Crippen LogP contribution in [0.1, 0.15) is 73.6 Å². The van der Waals surface area contributed by atoms with Crippen molar-refractivity contribution in [1.82, 2.24) is 9.88 Å². The van der Waals surface area contributed by atoms with E-state index in [9.17, 15) is 10.2 Å². The number of fused-ring (bicyclic) bond motifs is 4. The Morgan fingerprint density at radius 3 is 2.90 bits per heavy atom. The van der Waals surface area contributed by atoms with Crippen molar-refractivity contribution in [2.24, 2.45) is 22.6 Å². The summed E-state index contributed by atoms with van der Waals surface area (Å²) in [6, 6.07) is 10.5. The molecule has 0 unspecified atom stereocenters. The minimum atomic E-state index is -0.968. The number of likely N-dealkylation sites (tertiary alicyclic amines) is 1. The second-order valence-electron chi connectivity index (χ2n) is 13.5. The first-order valence-corrected chi connectivity index (χ1v) is 15.2. The van der Waals surface area contributed by atoms with Gasteiger partial charge in [0.1, 0.15) is 0 Å². The van der Waals surface area contributed by atoms with E-state index in [4.69, 9.17) is 10.5 Å². The molecule has 8 rings (SSSR count). The number of amidine groups is 1. The number of aromatic amines is 1. The molecule has 210 valence electrons. The summed E-state index contributed by atoms with van der Waals surface area (Å²) in [5, 5.41) is 25.1. The zero-order valence-electron chi connectivity index (χ0n) is 23.5. The van der Waals surface area contributed by atoms with Crippen LogP contribution in [-0.2, 0) is 24.7 Å². The summed E-state index contributed by atoms with van der Waals surface area (Å²) in [4.78, 5) is 10.9. The molecular weight excluding hydrogens is 500 g/mol. The molecule has 7 nitrogen and oxygen atoms in total. The van der Waals surface area contributed by atoms with Crippen molar-refractivity contribution in [3.63, 3.8) is 0 Å². The van der Waals surface area contributed by atoms with Crippen LogP contribution in [0.25, 0.3) is 10.9 Å². The highest BCUT2D eigenvalue weighted by atomic mass is 16.5. The van der Waals surface area contributed by atoms with Gasteiger partial charge in [-0.25, -0.2) is 0 Å². The number of phenolic OH excluding ortho intramolecular Hbond substituents is 1. The standard InChI is InChI=1S/C33H40N4O3/c1-18(2)13-27(34)35-11-9-19-5-7-24-22(14-19)23-16-33(39)26-15-21-6-8-25(38)30-28(21)32(33,31(40-30)29(23)36-24)10-12-37(26)17-20-3-4-20/h5-8,14,18,20,26,31,36,38-39H,3-4,9-13,15-17H2,1-2H3,(H2,34,35)/t26-,31-,32-,33+/m0/s1. The van der Waals surface area contributed by atoms with Gasteiger partial charge in [0, 0.05) is 48.4 Å². The lowest BCUT2D eigenvalue weighted by molar-refractivity contribution is -0.173. The minimum absolute atomic E-state index is 0.0375. The van der Waals surface area contributed by atoms with Gasteiger partial charge >= 0.3 is 0 Å². The van der Waals surface area contributed by atoms with E-state index >= 15 is 0 Å². The molecular formula is C33H40N4O3. The third-order valence-corrected chi connectivity index (χ3v) is 10.6. The molecule has 0 amide bonds. The molecule has 5 aliphatic rings. The molecule has 1 saturated heterocycles. The minimum Gasteiger partial charge on any atom is -0.504 e. The second kappa shape index (κ2) is 8.49. The number of aliphatic hydroxyl groups is 1. The van der Waals surface area contributed by atoms with E-state index in [0.29, 0.717) is 24.6 Å². The SMILES string of the molecule is CC(C)CC(N)=NCCc1ccc2[nH]c3c(c2c1)C[C@@]1(O)[C@@H]2Cc4ccc(O)c5c4[C@@]1(CCN2CC1CC1)[C@H]3O5. The number of hydrogen-bond acceptors (Lipinski definition) is 5. The van der Waals surface area contributed by atoms with Gasteiger partial charge in [0.2, 0.25) is 0 Å². The number of aromatic hydroxyl groups is 1. The Morgan fingerprint density at radius 2 is 2.10 bits per heavy atom. The van der Waals surface area contributed by atoms with Crippen molar-refractivity contribution in [3.8, 4) is 11.5 Å². The van der Waals surface area contributed by atoms with Gasteiger partial charge in [0.15, 0.2) is 17.6 Å². The van der Waals surface area contributed by atoms with E-state index in [1.54, 1.807) is 6.07 Å². The Labute approximate surface area is 235 Å². The number of phenols is 1. The number of nitrogens with one attached hydrogen (secondary N) is 1. The molecule has 1 aromatic heterocycles. The molecule has 1 saturated carbocycles. The number of hydrogen-bond donors (Lipinski definition) is 4. The molecule has 0 radical (unpaired) electrons. The lowest BCUT2D eigenvalue weighted by Gasteiger charge is -2.62. The summed E-state index contributed by atoms with van der Waals surface area (Å²) >= 11 is 0. The zero-order valence-corrected chi connectivity index (χ0v) is 23.5. The zero-order chi connectivity index (χ0) is 27.4. The molecule has 1 spiro atoms. The summed E-state index contributed by atoms with van der Waals surface area (Å²) in [5.74, 6) is 2.75. The van der Waals surface area contributed by atoms with Crippen molar-refractivity contribution < 1.29 is 14.9 Å². The van der Waals surface area contributed by atoms with Gasteiger partial charge in [-0.2, -0.15) is 0 Å². The molecule has 2 aromatic carbocycles. The predicted octanol–water partition coefficient (Wildman–Crippen LogP) is 4.52. The smallest absolute Gasteiger partial charge is 0.166 e. The first-order valence-electron chi connectivity index (χ1n) is 15.2. The van der Waals surface area contributed by atoms with E-state index in [1.807, 2.05) is 0 Å². The number of nitrogens with zero attached hydrogens (tertiary/aromatic N) is 2. The monoisotopic (exact) mass is 540 g/mol. The summed E-state index contributed by atoms with van der Waals surface area (Å²) in [7, 11) is 0. The molecule has 2 aliphatic heterocycles. The summed E-state index contributed by atoms with van der Waals surface area (Å²) in [5.41, 5.74) is 11.4. The molecule has 3 heterocycles. The fourth-order valence-corrected chi connectivity index (χ4v) is 8.64.